The first-order valence-corrected chi connectivity index (χ1v) is 7.80. The summed E-state index contributed by atoms with van der Waals surface area (Å²) in [7, 11) is 0. The van der Waals surface area contributed by atoms with Crippen LogP contribution in [-0.2, 0) is 0 Å². The minimum Gasteiger partial charge on any atom is -0.320 e. The van der Waals surface area contributed by atoms with Gasteiger partial charge in [0.25, 0.3) is 0 Å². The van der Waals surface area contributed by atoms with Gasteiger partial charge in [-0.05, 0) is 45.8 Å². The number of rotatable bonds is 2. The summed E-state index contributed by atoms with van der Waals surface area (Å²) in [5.74, 6) is 0. The third-order valence-electron chi connectivity index (χ3n) is 2.26. The maximum absolute atomic E-state index is 6.21. The van der Waals surface area contributed by atoms with Crippen molar-refractivity contribution in [1.82, 2.24) is 0 Å². The number of nitrogens with two attached hydrogens (primary N) is 1. The summed E-state index contributed by atoms with van der Waals surface area (Å²) in [6.07, 6.45) is 0. The molecule has 90 valence electrons. The van der Waals surface area contributed by atoms with Gasteiger partial charge in [-0.15, -0.1) is 11.3 Å². The lowest BCUT2D eigenvalue weighted by Crippen LogP contribution is -2.10. The second kappa shape index (κ2) is 5.59. The van der Waals surface area contributed by atoms with E-state index in [4.69, 9.17) is 28.9 Å². The van der Waals surface area contributed by atoms with Gasteiger partial charge in [0, 0.05) is 14.4 Å². The van der Waals surface area contributed by atoms with Gasteiger partial charge < -0.3 is 5.73 Å². The summed E-state index contributed by atoms with van der Waals surface area (Å²) in [6.45, 7) is 0. The highest BCUT2D eigenvalue weighted by Crippen LogP contribution is 2.38. The van der Waals surface area contributed by atoms with Gasteiger partial charge in [-0.25, -0.2) is 0 Å². The Bertz CT molecular complexity index is 537. The van der Waals surface area contributed by atoms with Crippen molar-refractivity contribution in [2.24, 2.45) is 5.73 Å². The highest BCUT2D eigenvalue weighted by molar-refractivity contribution is 9.11. The first-order chi connectivity index (χ1) is 7.99. The zero-order valence-corrected chi connectivity index (χ0v) is 13.9. The smallest absolute Gasteiger partial charge is 0.0888 e. The number of halogens is 4. The molecule has 0 aliphatic heterocycles. The van der Waals surface area contributed by atoms with Crippen LogP contribution in [0.4, 0.5) is 0 Å². The van der Waals surface area contributed by atoms with Crippen molar-refractivity contribution in [2.45, 2.75) is 6.04 Å². The summed E-state index contributed by atoms with van der Waals surface area (Å²) in [6, 6.07) is 7.20. The van der Waals surface area contributed by atoms with Crippen LogP contribution in [0.3, 0.4) is 0 Å². The van der Waals surface area contributed by atoms with E-state index >= 15 is 0 Å². The van der Waals surface area contributed by atoms with Crippen molar-refractivity contribution in [1.29, 1.82) is 0 Å². The third-order valence-corrected chi connectivity index (χ3v) is 5.78. The molecule has 2 aromatic rings. The van der Waals surface area contributed by atoms with Crippen LogP contribution in [0, 0.1) is 0 Å². The SMILES string of the molecule is NC(c1cc(Cl)c(Br)s1)c1cc(Cl)ccc1Br. The molecular formula is C11H7Br2Cl2NS. The molecule has 0 bridgehead atoms. The molecule has 1 aromatic carbocycles. The minimum atomic E-state index is -0.239. The van der Waals surface area contributed by atoms with E-state index in [1.54, 1.807) is 0 Å². The molecule has 0 aliphatic rings. The lowest BCUT2D eigenvalue weighted by atomic mass is 10.1. The summed E-state index contributed by atoms with van der Waals surface area (Å²) in [5.41, 5.74) is 7.16. The predicted octanol–water partition coefficient (Wildman–Crippen LogP) is 5.63. The van der Waals surface area contributed by atoms with E-state index in [0.29, 0.717) is 10.0 Å². The zero-order valence-electron chi connectivity index (χ0n) is 8.38. The third kappa shape index (κ3) is 3.06. The second-order valence-electron chi connectivity index (χ2n) is 3.41. The fourth-order valence-electron chi connectivity index (χ4n) is 1.42. The van der Waals surface area contributed by atoms with Gasteiger partial charge >= 0.3 is 0 Å². The summed E-state index contributed by atoms with van der Waals surface area (Å²) < 4.78 is 1.83. The molecule has 0 saturated carbocycles. The van der Waals surface area contributed by atoms with Crippen LogP contribution in [0.2, 0.25) is 10.0 Å². The Morgan fingerprint density at radius 3 is 2.47 bits per heavy atom. The Kier molecular flexibility index (Phi) is 4.55. The molecule has 1 aromatic heterocycles. The monoisotopic (exact) mass is 413 g/mol. The van der Waals surface area contributed by atoms with Crippen LogP contribution in [0.5, 0.6) is 0 Å². The largest absolute Gasteiger partial charge is 0.320 e. The Morgan fingerprint density at radius 2 is 1.88 bits per heavy atom. The van der Waals surface area contributed by atoms with Crippen molar-refractivity contribution in [3.05, 3.63) is 53.0 Å². The Labute approximate surface area is 130 Å². The second-order valence-corrected chi connectivity index (χ2v) is 7.51. The van der Waals surface area contributed by atoms with Crippen LogP contribution in [0.15, 0.2) is 32.5 Å². The average Bonchev–Trinajstić information content (AvgIpc) is 2.62. The highest BCUT2D eigenvalue weighted by Gasteiger charge is 2.16. The molecule has 17 heavy (non-hydrogen) atoms. The first kappa shape index (κ1) is 13.8. The van der Waals surface area contributed by atoms with Gasteiger partial charge in [-0.3, -0.25) is 0 Å². The predicted molar refractivity (Wildman–Crippen MR) is 82.2 cm³/mol. The van der Waals surface area contributed by atoms with Crippen LogP contribution >= 0.6 is 66.4 Å². The van der Waals surface area contributed by atoms with E-state index < -0.39 is 0 Å². The summed E-state index contributed by atoms with van der Waals surface area (Å²) in [4.78, 5) is 0.991. The van der Waals surface area contributed by atoms with E-state index in [0.717, 1.165) is 18.7 Å². The Morgan fingerprint density at radius 1 is 1.18 bits per heavy atom. The van der Waals surface area contributed by atoms with Gasteiger partial charge in [-0.2, -0.15) is 0 Å². The minimum absolute atomic E-state index is 0.239. The number of thiophene rings is 1. The molecule has 0 radical (unpaired) electrons. The molecule has 6 heteroatoms. The molecule has 0 saturated heterocycles. The molecule has 1 nitrogen and oxygen atoms in total. The molecule has 0 fully saturated rings. The highest BCUT2D eigenvalue weighted by atomic mass is 79.9. The zero-order chi connectivity index (χ0) is 12.6. The molecule has 0 amide bonds. The normalized spacial score (nSPS) is 12.8. The van der Waals surface area contributed by atoms with E-state index in [2.05, 4.69) is 31.9 Å². The molecule has 0 aliphatic carbocycles. The molecule has 0 spiro atoms. The average molecular weight is 416 g/mol. The topological polar surface area (TPSA) is 26.0 Å². The molecule has 2 rings (SSSR count). The quantitative estimate of drug-likeness (QED) is 0.676. The van der Waals surface area contributed by atoms with Crippen molar-refractivity contribution >= 4 is 66.4 Å². The van der Waals surface area contributed by atoms with Crippen LogP contribution in [-0.4, -0.2) is 0 Å². The van der Waals surface area contributed by atoms with Crippen molar-refractivity contribution in [3.8, 4) is 0 Å². The van der Waals surface area contributed by atoms with Crippen molar-refractivity contribution < 1.29 is 0 Å². The van der Waals surface area contributed by atoms with E-state index in [1.807, 2.05) is 24.3 Å². The van der Waals surface area contributed by atoms with E-state index in [-0.39, 0.29) is 6.04 Å². The standard InChI is InChI=1S/C11H7Br2Cl2NS/c12-7-2-1-5(14)3-6(7)10(16)9-4-8(15)11(13)17-9/h1-4,10H,16H2. The van der Waals surface area contributed by atoms with Crippen molar-refractivity contribution in [2.75, 3.05) is 0 Å². The fraction of sp³-hybridized carbons (Fsp3) is 0.0909. The number of hydrogen-bond acceptors (Lipinski definition) is 2. The number of hydrogen-bond donors (Lipinski definition) is 1. The van der Waals surface area contributed by atoms with Crippen LogP contribution in [0.25, 0.3) is 0 Å². The first-order valence-electron chi connectivity index (χ1n) is 4.64. The van der Waals surface area contributed by atoms with Crippen molar-refractivity contribution in [3.63, 3.8) is 0 Å². The molecule has 1 heterocycles. The Hall–Kier alpha value is 0.420. The van der Waals surface area contributed by atoms with E-state index in [9.17, 15) is 0 Å². The number of benzene rings is 1. The van der Waals surface area contributed by atoms with Gasteiger partial charge in [-0.1, -0.05) is 39.1 Å². The molecule has 2 N–H and O–H groups in total. The van der Waals surface area contributed by atoms with Gasteiger partial charge in [0.1, 0.15) is 0 Å². The summed E-state index contributed by atoms with van der Waals surface area (Å²) in [5, 5.41) is 1.35. The van der Waals surface area contributed by atoms with Gasteiger partial charge in [0.15, 0.2) is 0 Å². The molecule has 1 atom stereocenters. The summed E-state index contributed by atoms with van der Waals surface area (Å²) >= 11 is 20.4. The van der Waals surface area contributed by atoms with Gasteiger partial charge in [0.05, 0.1) is 14.9 Å². The van der Waals surface area contributed by atoms with Gasteiger partial charge in [0.2, 0.25) is 0 Å². The van der Waals surface area contributed by atoms with Crippen LogP contribution < -0.4 is 5.73 Å². The fourth-order valence-corrected chi connectivity index (χ4v) is 3.86. The lowest BCUT2D eigenvalue weighted by Gasteiger charge is -2.12. The molecule has 1 unspecified atom stereocenters. The molecular weight excluding hydrogens is 409 g/mol. The lowest BCUT2D eigenvalue weighted by molar-refractivity contribution is 0.887. The maximum atomic E-state index is 6.21. The maximum Gasteiger partial charge on any atom is 0.0888 e. The van der Waals surface area contributed by atoms with E-state index in [1.165, 1.54) is 11.3 Å². The van der Waals surface area contributed by atoms with Crippen LogP contribution in [0.1, 0.15) is 16.5 Å². The Balaban J connectivity index is 2.42.